The number of fused-ring (bicyclic) bond motifs is 1. The second kappa shape index (κ2) is 8.08. The third-order valence-electron chi connectivity index (χ3n) is 4.35. The number of nitrogens with zero attached hydrogens (tertiary/aromatic N) is 2. The third-order valence-corrected chi connectivity index (χ3v) is 5.24. The van der Waals surface area contributed by atoms with Gasteiger partial charge in [0.05, 0.1) is 33.4 Å². The Balaban J connectivity index is 1.58. The fourth-order valence-corrected chi connectivity index (χ4v) is 3.58. The van der Waals surface area contributed by atoms with Crippen molar-refractivity contribution >= 4 is 34.4 Å². The molecule has 2 aromatic carbocycles. The number of hydrazone groups is 1. The van der Waals surface area contributed by atoms with E-state index in [0.717, 1.165) is 17.0 Å². The number of thiophene rings is 1. The maximum absolute atomic E-state index is 12.8. The number of carbonyl (C=O) groups is 1. The first kappa shape index (κ1) is 19.8. The van der Waals surface area contributed by atoms with E-state index in [2.05, 4.69) is 15.5 Å². The first-order chi connectivity index (χ1) is 14.4. The summed E-state index contributed by atoms with van der Waals surface area (Å²) in [5, 5.41) is 6.50. The van der Waals surface area contributed by atoms with Crippen molar-refractivity contribution in [1.82, 2.24) is 10.4 Å². The predicted octanol–water partition coefficient (Wildman–Crippen LogP) is 5.75. The van der Waals surface area contributed by atoms with E-state index in [1.165, 1.54) is 29.7 Å². The Morgan fingerprint density at radius 1 is 1.03 bits per heavy atom. The number of halogens is 3. The van der Waals surface area contributed by atoms with Crippen LogP contribution in [0.3, 0.4) is 0 Å². The molecule has 0 radical (unpaired) electrons. The van der Waals surface area contributed by atoms with Crippen molar-refractivity contribution in [2.75, 3.05) is 0 Å². The molecule has 2 heterocycles. The predicted molar refractivity (Wildman–Crippen MR) is 112 cm³/mol. The fraction of sp³-hybridized carbons (Fsp3) is 0.0455. The van der Waals surface area contributed by atoms with E-state index in [1.807, 2.05) is 35.7 Å². The van der Waals surface area contributed by atoms with Gasteiger partial charge in [0.25, 0.3) is 5.91 Å². The highest BCUT2D eigenvalue weighted by atomic mass is 32.1. The summed E-state index contributed by atoms with van der Waals surface area (Å²) in [4.78, 5) is 18.3. The van der Waals surface area contributed by atoms with E-state index < -0.39 is 17.6 Å². The summed E-state index contributed by atoms with van der Waals surface area (Å²) >= 11 is 1.52. The van der Waals surface area contributed by atoms with Crippen LogP contribution in [0.1, 0.15) is 21.5 Å². The van der Waals surface area contributed by atoms with Gasteiger partial charge in [0.15, 0.2) is 0 Å². The second-order valence-corrected chi connectivity index (χ2v) is 7.32. The minimum absolute atomic E-state index is 0.411. The molecular weight excluding hydrogens is 411 g/mol. The van der Waals surface area contributed by atoms with Gasteiger partial charge in [0, 0.05) is 5.39 Å². The van der Waals surface area contributed by atoms with Gasteiger partial charge >= 0.3 is 6.18 Å². The van der Waals surface area contributed by atoms with Crippen molar-refractivity contribution in [3.8, 4) is 10.6 Å². The summed E-state index contributed by atoms with van der Waals surface area (Å²) in [7, 11) is 0. The van der Waals surface area contributed by atoms with Crippen molar-refractivity contribution in [3.05, 3.63) is 88.8 Å². The van der Waals surface area contributed by atoms with Gasteiger partial charge in [-0.05, 0) is 41.3 Å². The second-order valence-electron chi connectivity index (χ2n) is 6.37. The van der Waals surface area contributed by atoms with Crippen molar-refractivity contribution in [2.45, 2.75) is 6.18 Å². The van der Waals surface area contributed by atoms with Gasteiger partial charge in [-0.25, -0.2) is 10.4 Å². The monoisotopic (exact) mass is 425 g/mol. The number of carbonyl (C=O) groups excluding carboxylic acids is 1. The Kier molecular flexibility index (Phi) is 5.33. The summed E-state index contributed by atoms with van der Waals surface area (Å²) in [6, 6.07) is 17.3. The van der Waals surface area contributed by atoms with Crippen molar-refractivity contribution in [1.29, 1.82) is 0 Å². The van der Waals surface area contributed by atoms with E-state index in [4.69, 9.17) is 0 Å². The molecular formula is C22H14F3N3OS. The van der Waals surface area contributed by atoms with Gasteiger partial charge in [0.1, 0.15) is 0 Å². The Morgan fingerprint density at radius 3 is 2.50 bits per heavy atom. The number of alkyl halides is 3. The standard InChI is InChI=1S/C22H14F3N3OS/c23-22(24,25)15-9-7-14(8-10-15)13-26-28-21(29)17-12-19(20-6-3-11-30-20)27-18-5-2-1-4-16(17)18/h1-13H,(H,28,29). The first-order valence-corrected chi connectivity index (χ1v) is 9.74. The lowest BCUT2D eigenvalue weighted by Gasteiger charge is -2.08. The minimum Gasteiger partial charge on any atom is -0.267 e. The smallest absolute Gasteiger partial charge is 0.267 e. The Morgan fingerprint density at radius 2 is 1.80 bits per heavy atom. The number of benzene rings is 2. The number of aromatic nitrogens is 1. The van der Waals surface area contributed by atoms with Crippen LogP contribution in [-0.2, 0) is 6.18 Å². The zero-order chi connectivity index (χ0) is 21.1. The van der Waals surface area contributed by atoms with Crippen LogP contribution in [0.15, 0.2) is 77.2 Å². The molecule has 1 amide bonds. The van der Waals surface area contributed by atoms with Crippen LogP contribution >= 0.6 is 11.3 Å². The van der Waals surface area contributed by atoms with Crippen LogP contribution < -0.4 is 5.43 Å². The van der Waals surface area contributed by atoms with Gasteiger partial charge in [-0.3, -0.25) is 4.79 Å². The van der Waals surface area contributed by atoms with E-state index >= 15 is 0 Å². The van der Waals surface area contributed by atoms with Crippen LogP contribution in [0.25, 0.3) is 21.5 Å². The zero-order valence-electron chi connectivity index (χ0n) is 15.4. The van der Waals surface area contributed by atoms with Crippen LogP contribution in [0.5, 0.6) is 0 Å². The average molecular weight is 425 g/mol. The van der Waals surface area contributed by atoms with Crippen LogP contribution in [0, 0.1) is 0 Å². The highest BCUT2D eigenvalue weighted by Crippen LogP contribution is 2.29. The molecule has 0 saturated carbocycles. The molecule has 4 aromatic rings. The number of rotatable bonds is 4. The molecule has 2 aromatic heterocycles. The Labute approximate surface area is 173 Å². The molecule has 4 nitrogen and oxygen atoms in total. The van der Waals surface area contributed by atoms with Crippen LogP contribution in [0.2, 0.25) is 0 Å². The van der Waals surface area contributed by atoms with E-state index in [1.54, 1.807) is 12.1 Å². The number of para-hydroxylation sites is 1. The largest absolute Gasteiger partial charge is 0.416 e. The topological polar surface area (TPSA) is 54.4 Å². The molecule has 0 atom stereocenters. The number of hydrogen-bond acceptors (Lipinski definition) is 4. The molecule has 0 bridgehead atoms. The van der Waals surface area contributed by atoms with Gasteiger partial charge < -0.3 is 0 Å². The molecule has 0 fully saturated rings. The highest BCUT2D eigenvalue weighted by molar-refractivity contribution is 7.13. The maximum Gasteiger partial charge on any atom is 0.416 e. The molecule has 150 valence electrons. The molecule has 1 N–H and O–H groups in total. The molecule has 0 aliphatic rings. The average Bonchev–Trinajstić information content (AvgIpc) is 3.27. The lowest BCUT2D eigenvalue weighted by atomic mass is 10.1. The van der Waals surface area contributed by atoms with E-state index in [9.17, 15) is 18.0 Å². The number of amides is 1. The SMILES string of the molecule is O=C(NN=Cc1ccc(C(F)(F)F)cc1)c1cc(-c2cccs2)nc2ccccc12. The molecule has 30 heavy (non-hydrogen) atoms. The van der Waals surface area contributed by atoms with Gasteiger partial charge in [-0.2, -0.15) is 18.3 Å². The van der Waals surface area contributed by atoms with Crippen molar-refractivity contribution in [3.63, 3.8) is 0 Å². The quantitative estimate of drug-likeness (QED) is 0.335. The molecule has 0 spiro atoms. The van der Waals surface area contributed by atoms with Crippen molar-refractivity contribution in [2.24, 2.45) is 5.10 Å². The number of hydrogen-bond donors (Lipinski definition) is 1. The number of pyridine rings is 1. The molecule has 4 rings (SSSR count). The summed E-state index contributed by atoms with van der Waals surface area (Å²) in [5.41, 5.74) is 3.90. The van der Waals surface area contributed by atoms with E-state index in [0.29, 0.717) is 27.7 Å². The van der Waals surface area contributed by atoms with Crippen LogP contribution in [-0.4, -0.2) is 17.1 Å². The highest BCUT2D eigenvalue weighted by Gasteiger charge is 2.29. The summed E-state index contributed by atoms with van der Waals surface area (Å²) in [5.74, 6) is -0.436. The lowest BCUT2D eigenvalue weighted by molar-refractivity contribution is -0.137. The van der Waals surface area contributed by atoms with Gasteiger partial charge in [-0.15, -0.1) is 11.3 Å². The summed E-state index contributed by atoms with van der Waals surface area (Å²) < 4.78 is 37.9. The lowest BCUT2D eigenvalue weighted by Crippen LogP contribution is -2.18. The molecule has 8 heteroatoms. The van der Waals surface area contributed by atoms with E-state index in [-0.39, 0.29) is 0 Å². The summed E-state index contributed by atoms with van der Waals surface area (Å²) in [6.07, 6.45) is -3.10. The van der Waals surface area contributed by atoms with Gasteiger partial charge in [-0.1, -0.05) is 36.4 Å². The van der Waals surface area contributed by atoms with Crippen molar-refractivity contribution < 1.29 is 18.0 Å². The first-order valence-electron chi connectivity index (χ1n) is 8.86. The third kappa shape index (κ3) is 4.23. The maximum atomic E-state index is 12.8. The molecule has 0 aliphatic carbocycles. The fourth-order valence-electron chi connectivity index (χ4n) is 2.90. The Bertz CT molecular complexity index is 1220. The summed E-state index contributed by atoms with van der Waals surface area (Å²) in [6.45, 7) is 0. The minimum atomic E-state index is -4.40. The molecule has 0 saturated heterocycles. The molecule has 0 unspecified atom stereocenters. The molecule has 0 aliphatic heterocycles. The van der Waals surface area contributed by atoms with Gasteiger partial charge in [0.2, 0.25) is 0 Å². The van der Waals surface area contributed by atoms with Crippen LogP contribution in [0.4, 0.5) is 13.2 Å². The number of nitrogens with one attached hydrogen (secondary N) is 1. The Hall–Kier alpha value is -3.52. The zero-order valence-corrected chi connectivity index (χ0v) is 16.2. The normalized spacial score (nSPS) is 11.8.